The smallest absolute Gasteiger partial charge is 0.301 e. The van der Waals surface area contributed by atoms with E-state index in [0.29, 0.717) is 42.6 Å². The molecule has 2 aliphatic rings. The summed E-state index contributed by atoms with van der Waals surface area (Å²) in [6.45, 7) is 11.1. The molecule has 0 bridgehead atoms. The third-order valence-electron chi connectivity index (χ3n) is 11.0. The van der Waals surface area contributed by atoms with Crippen LogP contribution in [0.5, 0.6) is 17.8 Å². The standard InChI is InChI=1S/C24H29N3O.C22H24FN3O2/c1-19-20(2)27(23-11-7-4-8-12-23)24(25-19)28-18-22-13-15-26(16-14-22)17-21-9-5-3-6-10-21;23-21-7-6-20(27)14-18(21)15-25-11-8-17(9-12-25)16-28-22-24-10-13-26(22)19-4-2-1-3-5-19/h3-12,22H,13-18H2,1-2H3;1-7,10,13-14,17,27H,8-9,11-12,15-16H2. The molecule has 2 aliphatic heterocycles. The van der Waals surface area contributed by atoms with Gasteiger partial charge in [-0.25, -0.2) is 9.37 Å². The Morgan fingerprint density at radius 1 is 0.679 bits per heavy atom. The second-order valence-electron chi connectivity index (χ2n) is 15.0. The monoisotopic (exact) mass is 756 g/mol. The fourth-order valence-electron chi connectivity index (χ4n) is 7.51. The second kappa shape index (κ2) is 18.9. The molecule has 4 aromatic carbocycles. The van der Waals surface area contributed by atoms with Crippen molar-refractivity contribution in [2.45, 2.75) is 52.6 Å². The Bertz CT molecular complexity index is 2090. The lowest BCUT2D eigenvalue weighted by molar-refractivity contribution is 0.130. The fraction of sp³-hybridized carbons (Fsp3) is 0.348. The Balaban J connectivity index is 0.000000172. The number of aromatic nitrogens is 4. The van der Waals surface area contributed by atoms with Gasteiger partial charge in [0.05, 0.1) is 30.3 Å². The van der Waals surface area contributed by atoms with Crippen LogP contribution in [0.15, 0.2) is 122 Å². The van der Waals surface area contributed by atoms with Crippen molar-refractivity contribution in [3.63, 3.8) is 0 Å². The maximum absolute atomic E-state index is 13.9. The normalized spacial score (nSPS) is 15.6. The van der Waals surface area contributed by atoms with Crippen LogP contribution in [0.25, 0.3) is 11.4 Å². The van der Waals surface area contributed by atoms with Gasteiger partial charge in [-0.15, -0.1) is 0 Å². The Labute approximate surface area is 330 Å². The van der Waals surface area contributed by atoms with Crippen molar-refractivity contribution in [3.05, 3.63) is 150 Å². The van der Waals surface area contributed by atoms with Gasteiger partial charge in [0.2, 0.25) is 0 Å². The van der Waals surface area contributed by atoms with Gasteiger partial charge >= 0.3 is 12.0 Å². The van der Waals surface area contributed by atoms with Gasteiger partial charge in [0.1, 0.15) is 11.6 Å². The molecule has 0 radical (unpaired) electrons. The van der Waals surface area contributed by atoms with Crippen LogP contribution in [0.1, 0.15) is 48.2 Å². The fourth-order valence-corrected chi connectivity index (χ4v) is 7.51. The highest BCUT2D eigenvalue weighted by Crippen LogP contribution is 2.27. The first-order valence-electron chi connectivity index (χ1n) is 19.8. The minimum Gasteiger partial charge on any atom is -0.508 e. The number of hydrogen-bond acceptors (Lipinski definition) is 7. The number of rotatable bonds is 12. The van der Waals surface area contributed by atoms with Crippen molar-refractivity contribution in [2.75, 3.05) is 39.4 Å². The van der Waals surface area contributed by atoms with E-state index in [1.54, 1.807) is 6.20 Å². The van der Waals surface area contributed by atoms with Crippen molar-refractivity contribution in [1.29, 1.82) is 0 Å². The topological polar surface area (TPSA) is 80.8 Å². The number of ether oxygens (including phenoxy) is 2. The molecule has 4 heterocycles. The van der Waals surface area contributed by atoms with E-state index in [1.807, 2.05) is 54.1 Å². The molecule has 6 aromatic rings. The van der Waals surface area contributed by atoms with E-state index in [4.69, 9.17) is 9.47 Å². The molecule has 2 aromatic heterocycles. The van der Waals surface area contributed by atoms with Gasteiger partial charge in [-0.3, -0.25) is 18.9 Å². The Morgan fingerprint density at radius 2 is 1.23 bits per heavy atom. The van der Waals surface area contributed by atoms with Gasteiger partial charge in [-0.2, -0.15) is 4.98 Å². The van der Waals surface area contributed by atoms with E-state index in [1.165, 1.54) is 36.6 Å². The van der Waals surface area contributed by atoms with Gasteiger partial charge in [0, 0.05) is 36.7 Å². The number of aromatic hydroxyl groups is 1. The van der Waals surface area contributed by atoms with Crippen molar-refractivity contribution in [1.82, 2.24) is 28.9 Å². The van der Waals surface area contributed by atoms with Crippen molar-refractivity contribution in [3.8, 4) is 29.1 Å². The summed E-state index contributed by atoms with van der Waals surface area (Å²) >= 11 is 0. The van der Waals surface area contributed by atoms with Gasteiger partial charge in [0.15, 0.2) is 0 Å². The maximum Gasteiger partial charge on any atom is 0.301 e. The molecule has 0 unspecified atom stereocenters. The van der Waals surface area contributed by atoms with Crippen molar-refractivity contribution in [2.24, 2.45) is 11.8 Å². The first-order valence-corrected chi connectivity index (χ1v) is 19.8. The van der Waals surface area contributed by atoms with E-state index in [-0.39, 0.29) is 11.6 Å². The average molecular weight is 757 g/mol. The first-order chi connectivity index (χ1) is 27.4. The molecule has 0 aliphatic carbocycles. The quantitative estimate of drug-likeness (QED) is 0.134. The molecule has 56 heavy (non-hydrogen) atoms. The molecule has 0 spiro atoms. The van der Waals surface area contributed by atoms with Crippen molar-refractivity contribution >= 4 is 0 Å². The maximum atomic E-state index is 13.9. The molecule has 2 saturated heterocycles. The molecule has 10 heteroatoms. The summed E-state index contributed by atoms with van der Waals surface area (Å²) in [5.74, 6) is 0.879. The third-order valence-corrected chi connectivity index (χ3v) is 11.0. The largest absolute Gasteiger partial charge is 0.508 e. The highest BCUT2D eigenvalue weighted by Gasteiger charge is 2.23. The Kier molecular flexibility index (Phi) is 13.1. The summed E-state index contributed by atoms with van der Waals surface area (Å²) in [5, 5.41) is 9.56. The number of aryl methyl sites for hydroxylation is 1. The lowest BCUT2D eigenvalue weighted by Gasteiger charge is -2.31. The average Bonchev–Trinajstić information content (AvgIpc) is 3.83. The summed E-state index contributed by atoms with van der Waals surface area (Å²) < 4.78 is 30.2. The summed E-state index contributed by atoms with van der Waals surface area (Å²) in [6.07, 6.45) is 7.98. The number of phenolic OH excluding ortho intramolecular Hbond substituents is 1. The van der Waals surface area contributed by atoms with Gasteiger partial charge in [-0.05, 0) is 126 Å². The zero-order valence-electron chi connectivity index (χ0n) is 32.5. The number of benzene rings is 4. The first kappa shape index (κ1) is 38.8. The number of hydrogen-bond donors (Lipinski definition) is 1. The molecular weight excluding hydrogens is 704 g/mol. The van der Waals surface area contributed by atoms with Crippen LogP contribution in [0.4, 0.5) is 4.39 Å². The van der Waals surface area contributed by atoms with E-state index in [2.05, 4.69) is 85.9 Å². The molecule has 8 rings (SSSR count). The van der Waals surface area contributed by atoms with Crippen LogP contribution in [0.2, 0.25) is 0 Å². The van der Waals surface area contributed by atoms with Crippen LogP contribution in [0, 0.1) is 31.5 Å². The van der Waals surface area contributed by atoms with E-state index in [0.717, 1.165) is 74.9 Å². The predicted molar refractivity (Wildman–Crippen MR) is 218 cm³/mol. The highest BCUT2D eigenvalue weighted by atomic mass is 19.1. The lowest BCUT2D eigenvalue weighted by atomic mass is 9.97. The van der Waals surface area contributed by atoms with Crippen LogP contribution in [0.3, 0.4) is 0 Å². The number of para-hydroxylation sites is 2. The summed E-state index contributed by atoms with van der Waals surface area (Å²) in [7, 11) is 0. The predicted octanol–water partition coefficient (Wildman–Crippen LogP) is 8.79. The zero-order valence-corrected chi connectivity index (χ0v) is 32.5. The summed E-state index contributed by atoms with van der Waals surface area (Å²) in [5.41, 5.74) is 6.23. The highest BCUT2D eigenvalue weighted by molar-refractivity contribution is 5.39. The molecule has 2 fully saturated rings. The third kappa shape index (κ3) is 10.2. The lowest BCUT2D eigenvalue weighted by Crippen LogP contribution is -2.35. The van der Waals surface area contributed by atoms with Crippen LogP contribution in [-0.4, -0.2) is 73.4 Å². The summed E-state index contributed by atoms with van der Waals surface area (Å²) in [6, 6.07) is 36.6. The SMILES string of the molecule is Cc1nc(OCC2CCN(Cc3ccccc3)CC2)n(-c2ccccc2)c1C.Oc1ccc(F)c(CN2CCC(COc3nccn3-c3ccccc3)CC2)c1. The molecule has 9 nitrogen and oxygen atoms in total. The zero-order chi connectivity index (χ0) is 38.7. The van der Waals surface area contributed by atoms with Gasteiger partial charge in [-0.1, -0.05) is 66.7 Å². The Hall–Kier alpha value is -5.45. The molecule has 1 N–H and O–H groups in total. The number of halogens is 1. The molecule has 292 valence electrons. The van der Waals surface area contributed by atoms with Crippen molar-refractivity contribution < 1.29 is 19.0 Å². The van der Waals surface area contributed by atoms with E-state index >= 15 is 0 Å². The summed E-state index contributed by atoms with van der Waals surface area (Å²) in [4.78, 5) is 13.8. The minimum atomic E-state index is -0.268. The number of likely N-dealkylation sites (tertiary alicyclic amines) is 2. The Morgan fingerprint density at radius 3 is 1.86 bits per heavy atom. The number of imidazole rings is 2. The second-order valence-corrected chi connectivity index (χ2v) is 15.0. The van der Waals surface area contributed by atoms with E-state index in [9.17, 15) is 9.50 Å². The minimum absolute atomic E-state index is 0.105. The molecule has 0 saturated carbocycles. The number of phenols is 1. The van der Waals surface area contributed by atoms with Gasteiger partial charge < -0.3 is 14.6 Å². The van der Waals surface area contributed by atoms with E-state index < -0.39 is 0 Å². The molecule has 0 amide bonds. The van der Waals surface area contributed by atoms with Crippen LogP contribution >= 0.6 is 0 Å². The van der Waals surface area contributed by atoms with Crippen LogP contribution < -0.4 is 9.47 Å². The van der Waals surface area contributed by atoms with Gasteiger partial charge in [0.25, 0.3) is 0 Å². The molecule has 0 atom stereocenters. The number of nitrogens with zero attached hydrogens (tertiary/aromatic N) is 6. The molecular formula is C46H53FN6O3. The number of piperidine rings is 2. The van der Waals surface area contributed by atoms with Crippen LogP contribution in [-0.2, 0) is 13.1 Å².